The molecule has 1 unspecified atom stereocenters. The average molecular weight is 321 g/mol. The van der Waals surface area contributed by atoms with Gasteiger partial charge in [0.25, 0.3) is 0 Å². The molecule has 3 rings (SSSR count). The maximum absolute atomic E-state index is 5.92. The quantitative estimate of drug-likeness (QED) is 0.705. The summed E-state index contributed by atoms with van der Waals surface area (Å²) in [4.78, 5) is 4.88. The Morgan fingerprint density at radius 1 is 0.958 bits per heavy atom. The summed E-state index contributed by atoms with van der Waals surface area (Å²) < 4.78 is 5.92. The highest BCUT2D eigenvalue weighted by Crippen LogP contribution is 2.34. The third-order valence-corrected chi connectivity index (χ3v) is 4.73. The predicted molar refractivity (Wildman–Crippen MR) is 101 cm³/mol. The van der Waals surface area contributed by atoms with Gasteiger partial charge in [-0.1, -0.05) is 70.2 Å². The Morgan fingerprint density at radius 2 is 1.54 bits per heavy atom. The minimum atomic E-state index is 0.167. The van der Waals surface area contributed by atoms with E-state index in [2.05, 4.69) is 76.2 Å². The van der Waals surface area contributed by atoms with Crippen molar-refractivity contribution >= 4 is 5.90 Å². The molecule has 1 atom stereocenters. The van der Waals surface area contributed by atoms with Crippen molar-refractivity contribution in [2.45, 2.75) is 40.2 Å². The van der Waals surface area contributed by atoms with Crippen molar-refractivity contribution in [2.75, 3.05) is 6.61 Å². The van der Waals surface area contributed by atoms with Crippen molar-refractivity contribution < 1.29 is 4.74 Å². The van der Waals surface area contributed by atoms with Gasteiger partial charge in [-0.25, -0.2) is 4.99 Å². The highest BCUT2D eigenvalue weighted by Gasteiger charge is 2.34. The van der Waals surface area contributed by atoms with E-state index in [1.165, 1.54) is 11.1 Å². The summed E-state index contributed by atoms with van der Waals surface area (Å²) in [6.07, 6.45) is 1.16. The lowest BCUT2D eigenvalue weighted by Crippen LogP contribution is -2.30. The zero-order valence-electron chi connectivity index (χ0n) is 15.1. The van der Waals surface area contributed by atoms with Crippen molar-refractivity contribution in [3.05, 3.63) is 60.2 Å². The molecule has 0 saturated carbocycles. The third-order valence-electron chi connectivity index (χ3n) is 4.73. The van der Waals surface area contributed by atoms with Crippen LogP contribution in [0, 0.1) is 11.3 Å². The Balaban J connectivity index is 1.77. The molecule has 0 spiro atoms. The minimum Gasteiger partial charge on any atom is -0.475 e. The number of aliphatic imine (C=N–C) groups is 1. The molecule has 0 fully saturated rings. The molecule has 0 aromatic heterocycles. The summed E-state index contributed by atoms with van der Waals surface area (Å²) in [5, 5.41) is 0. The van der Waals surface area contributed by atoms with Gasteiger partial charge in [-0.15, -0.1) is 0 Å². The van der Waals surface area contributed by atoms with E-state index in [1.807, 2.05) is 6.07 Å². The highest BCUT2D eigenvalue weighted by molar-refractivity contribution is 5.95. The second-order valence-corrected chi connectivity index (χ2v) is 7.79. The van der Waals surface area contributed by atoms with E-state index in [1.54, 1.807) is 0 Å². The van der Waals surface area contributed by atoms with Gasteiger partial charge in [-0.3, -0.25) is 0 Å². The second-order valence-electron chi connectivity index (χ2n) is 7.79. The maximum Gasteiger partial charge on any atom is 0.216 e. The largest absolute Gasteiger partial charge is 0.475 e. The van der Waals surface area contributed by atoms with E-state index in [-0.39, 0.29) is 11.5 Å². The first kappa shape index (κ1) is 16.8. The normalized spacial score (nSPS) is 17.7. The molecule has 126 valence electrons. The van der Waals surface area contributed by atoms with Gasteiger partial charge in [-0.2, -0.15) is 0 Å². The van der Waals surface area contributed by atoms with Crippen LogP contribution < -0.4 is 0 Å². The van der Waals surface area contributed by atoms with Gasteiger partial charge >= 0.3 is 0 Å². The lowest BCUT2D eigenvalue weighted by Gasteiger charge is -2.30. The zero-order chi connectivity index (χ0) is 17.2. The first-order valence-corrected chi connectivity index (χ1v) is 8.82. The Kier molecular flexibility index (Phi) is 4.75. The van der Waals surface area contributed by atoms with Crippen LogP contribution in [0.5, 0.6) is 0 Å². The average Bonchev–Trinajstić information content (AvgIpc) is 3.06. The van der Waals surface area contributed by atoms with Crippen LogP contribution in [0.3, 0.4) is 0 Å². The first-order chi connectivity index (χ1) is 11.5. The van der Waals surface area contributed by atoms with Gasteiger partial charge in [-0.05, 0) is 41.0 Å². The van der Waals surface area contributed by atoms with Crippen molar-refractivity contribution in [3.63, 3.8) is 0 Å². The molecular formula is C22H27NO. The lowest BCUT2D eigenvalue weighted by molar-refractivity contribution is 0.188. The summed E-state index contributed by atoms with van der Waals surface area (Å²) in [6.45, 7) is 9.82. The second kappa shape index (κ2) is 6.80. The standard InChI is InChI=1S/C22H27NO/c1-16(2)14-22(3,4)20-15-24-21(23-20)19-12-10-18(11-13-19)17-8-6-5-7-9-17/h5-13,16,20H,14-15H2,1-4H3. The molecule has 2 aromatic rings. The van der Waals surface area contributed by atoms with Crippen LogP contribution >= 0.6 is 0 Å². The molecule has 0 radical (unpaired) electrons. The van der Waals surface area contributed by atoms with Gasteiger partial charge in [0.2, 0.25) is 5.90 Å². The molecular weight excluding hydrogens is 294 g/mol. The fourth-order valence-electron chi connectivity index (χ4n) is 3.56. The van der Waals surface area contributed by atoms with Gasteiger partial charge in [0.15, 0.2) is 0 Å². The van der Waals surface area contributed by atoms with E-state index in [9.17, 15) is 0 Å². The van der Waals surface area contributed by atoms with Crippen molar-refractivity contribution in [3.8, 4) is 11.1 Å². The number of hydrogen-bond donors (Lipinski definition) is 0. The number of rotatable bonds is 5. The van der Waals surface area contributed by atoms with Crippen molar-refractivity contribution in [1.29, 1.82) is 0 Å². The van der Waals surface area contributed by atoms with Crippen LogP contribution in [0.1, 0.15) is 39.7 Å². The Bertz CT molecular complexity index is 699. The molecule has 24 heavy (non-hydrogen) atoms. The molecule has 0 N–H and O–H groups in total. The lowest BCUT2D eigenvalue weighted by atomic mass is 9.78. The molecule has 1 heterocycles. The van der Waals surface area contributed by atoms with Crippen LogP contribution in [-0.2, 0) is 4.74 Å². The molecule has 0 aliphatic carbocycles. The van der Waals surface area contributed by atoms with E-state index < -0.39 is 0 Å². The monoisotopic (exact) mass is 321 g/mol. The Labute approximate surface area is 145 Å². The molecule has 0 amide bonds. The molecule has 2 heteroatoms. The van der Waals surface area contributed by atoms with Crippen molar-refractivity contribution in [2.24, 2.45) is 16.3 Å². The Hall–Kier alpha value is -2.09. The SMILES string of the molecule is CC(C)CC(C)(C)C1COC(c2ccc(-c3ccccc3)cc2)=N1. The number of nitrogens with zero attached hydrogens (tertiary/aromatic N) is 1. The fraction of sp³-hybridized carbons (Fsp3) is 0.409. The van der Waals surface area contributed by atoms with Gasteiger partial charge in [0.1, 0.15) is 6.61 Å². The third kappa shape index (κ3) is 3.69. The minimum absolute atomic E-state index is 0.167. The summed E-state index contributed by atoms with van der Waals surface area (Å²) >= 11 is 0. The van der Waals surface area contributed by atoms with E-state index in [4.69, 9.17) is 9.73 Å². The van der Waals surface area contributed by atoms with Crippen LogP contribution in [0.25, 0.3) is 11.1 Å². The zero-order valence-corrected chi connectivity index (χ0v) is 15.1. The molecule has 2 nitrogen and oxygen atoms in total. The van der Waals surface area contributed by atoms with Crippen LogP contribution in [0.15, 0.2) is 59.6 Å². The summed E-state index contributed by atoms with van der Waals surface area (Å²) in [7, 11) is 0. The van der Waals surface area contributed by atoms with Gasteiger partial charge in [0, 0.05) is 5.56 Å². The van der Waals surface area contributed by atoms with E-state index >= 15 is 0 Å². The topological polar surface area (TPSA) is 21.6 Å². The van der Waals surface area contributed by atoms with Gasteiger partial charge in [0.05, 0.1) is 6.04 Å². The van der Waals surface area contributed by atoms with Crippen LogP contribution in [0.4, 0.5) is 0 Å². The molecule has 0 saturated heterocycles. The molecule has 2 aromatic carbocycles. The highest BCUT2D eigenvalue weighted by atomic mass is 16.5. The van der Waals surface area contributed by atoms with E-state index in [0.717, 1.165) is 17.9 Å². The smallest absolute Gasteiger partial charge is 0.216 e. The summed E-state index contributed by atoms with van der Waals surface area (Å²) in [5.74, 6) is 1.46. The molecule has 1 aliphatic heterocycles. The fourth-order valence-corrected chi connectivity index (χ4v) is 3.56. The summed E-state index contributed by atoms with van der Waals surface area (Å²) in [5.41, 5.74) is 3.68. The van der Waals surface area contributed by atoms with Crippen molar-refractivity contribution in [1.82, 2.24) is 0 Å². The Morgan fingerprint density at radius 3 is 2.17 bits per heavy atom. The number of benzene rings is 2. The number of hydrogen-bond acceptors (Lipinski definition) is 2. The van der Waals surface area contributed by atoms with Crippen LogP contribution in [-0.4, -0.2) is 18.5 Å². The number of ether oxygens (including phenoxy) is 1. The predicted octanol–water partition coefficient (Wildman–Crippen LogP) is 5.57. The van der Waals surface area contributed by atoms with Gasteiger partial charge < -0.3 is 4.74 Å². The first-order valence-electron chi connectivity index (χ1n) is 8.82. The van der Waals surface area contributed by atoms with Crippen LogP contribution in [0.2, 0.25) is 0 Å². The van der Waals surface area contributed by atoms with E-state index in [0.29, 0.717) is 12.5 Å². The maximum atomic E-state index is 5.92. The summed E-state index contributed by atoms with van der Waals surface area (Å²) in [6, 6.07) is 19.2. The molecule has 1 aliphatic rings. The molecule has 0 bridgehead atoms.